The molecule has 0 aliphatic heterocycles. The fraction of sp³-hybridized carbons (Fsp3) is 0.0400. The van der Waals surface area contributed by atoms with Crippen LogP contribution in [0.2, 0.25) is 0 Å². The second-order valence-corrected chi connectivity index (χ2v) is 13.4. The van der Waals surface area contributed by atoms with E-state index in [0.29, 0.717) is 0 Å². The van der Waals surface area contributed by atoms with E-state index in [1.54, 1.807) is 31.2 Å². The highest BCUT2D eigenvalue weighted by atomic mass is 32.2. The van der Waals surface area contributed by atoms with E-state index in [1.165, 1.54) is 60.7 Å². The number of rotatable bonds is 6. The van der Waals surface area contributed by atoms with Crippen molar-refractivity contribution in [3.8, 4) is 0 Å². The smallest absolute Gasteiger partial charge is 0.206 e. The lowest BCUT2D eigenvalue weighted by Crippen LogP contribution is -2.10. The van der Waals surface area contributed by atoms with Gasteiger partial charge in [0.2, 0.25) is 29.5 Å². The molecule has 0 atom stereocenters. The molecule has 6 nitrogen and oxygen atoms in total. The monoisotopic (exact) mass is 512 g/mol. The molecule has 0 radical (unpaired) electrons. The van der Waals surface area contributed by atoms with Gasteiger partial charge in [0.25, 0.3) is 0 Å². The van der Waals surface area contributed by atoms with E-state index in [0.717, 1.165) is 23.8 Å². The molecule has 0 saturated heterocycles. The van der Waals surface area contributed by atoms with Gasteiger partial charge in [0, 0.05) is 0 Å². The van der Waals surface area contributed by atoms with Crippen LogP contribution >= 0.6 is 0 Å². The molecule has 174 valence electrons. The third kappa shape index (κ3) is 4.42. The van der Waals surface area contributed by atoms with Gasteiger partial charge in [-0.25, -0.2) is 25.3 Å². The van der Waals surface area contributed by atoms with Crippen LogP contribution in [0.15, 0.2) is 133 Å². The molecule has 0 amide bonds. The Kier molecular flexibility index (Phi) is 6.20. The third-order valence-electron chi connectivity index (χ3n) is 5.22. The van der Waals surface area contributed by atoms with Crippen molar-refractivity contribution in [2.24, 2.45) is 0 Å². The molecule has 0 heterocycles. The molecule has 0 unspecified atom stereocenters. The summed E-state index contributed by atoms with van der Waals surface area (Å²) >= 11 is 0. The van der Waals surface area contributed by atoms with Gasteiger partial charge in [-0.2, -0.15) is 0 Å². The van der Waals surface area contributed by atoms with Crippen molar-refractivity contribution in [1.82, 2.24) is 0 Å². The van der Waals surface area contributed by atoms with Crippen molar-refractivity contribution in [1.29, 1.82) is 0 Å². The minimum atomic E-state index is -4.21. The molecule has 4 rings (SSSR count). The lowest BCUT2D eigenvalue weighted by Gasteiger charge is -2.12. The summed E-state index contributed by atoms with van der Waals surface area (Å²) in [5, 5.41) is 0. The zero-order valence-electron chi connectivity index (χ0n) is 18.0. The number of sulfone groups is 3. The zero-order valence-corrected chi connectivity index (χ0v) is 20.4. The van der Waals surface area contributed by atoms with Crippen molar-refractivity contribution >= 4 is 29.5 Å². The van der Waals surface area contributed by atoms with E-state index in [1.807, 2.05) is 0 Å². The zero-order chi connectivity index (χ0) is 24.6. The second kappa shape index (κ2) is 8.83. The summed E-state index contributed by atoms with van der Waals surface area (Å²) in [6.07, 6.45) is 0. The first-order chi connectivity index (χ1) is 16.0. The normalized spacial score (nSPS) is 12.4. The quantitative estimate of drug-likeness (QED) is 0.377. The van der Waals surface area contributed by atoms with E-state index >= 15 is 0 Å². The Morgan fingerprint density at radius 3 is 1.00 bits per heavy atom. The Labute approximate surface area is 199 Å². The highest BCUT2D eigenvalue weighted by Crippen LogP contribution is 2.32. The summed E-state index contributed by atoms with van der Waals surface area (Å²) in [7, 11) is -12.6. The number of hydrogen-bond donors (Lipinski definition) is 0. The van der Waals surface area contributed by atoms with Crippen LogP contribution in [0.5, 0.6) is 0 Å². The van der Waals surface area contributed by atoms with Gasteiger partial charge < -0.3 is 0 Å². The van der Waals surface area contributed by atoms with E-state index in [4.69, 9.17) is 0 Å². The van der Waals surface area contributed by atoms with Crippen LogP contribution < -0.4 is 0 Å². The maximum Gasteiger partial charge on any atom is 0.206 e. The van der Waals surface area contributed by atoms with E-state index in [2.05, 4.69) is 0 Å². The number of benzene rings is 4. The first-order valence-electron chi connectivity index (χ1n) is 10.1. The van der Waals surface area contributed by atoms with Gasteiger partial charge >= 0.3 is 0 Å². The van der Waals surface area contributed by atoms with Crippen LogP contribution in [0.4, 0.5) is 0 Å². The molecular weight excluding hydrogens is 492 g/mol. The minimum Gasteiger partial charge on any atom is -0.219 e. The molecule has 0 aliphatic carbocycles. The fourth-order valence-electron chi connectivity index (χ4n) is 3.34. The second-order valence-electron chi connectivity index (χ2n) is 7.59. The van der Waals surface area contributed by atoms with Crippen molar-refractivity contribution in [2.75, 3.05) is 0 Å². The Balaban J connectivity index is 2.00. The minimum absolute atomic E-state index is 0.0737. The molecular formula is C25H20O6S3. The Hall–Kier alpha value is -3.27. The van der Waals surface area contributed by atoms with Gasteiger partial charge in [0.15, 0.2) is 0 Å². The maximum atomic E-state index is 13.4. The molecule has 34 heavy (non-hydrogen) atoms. The molecule has 0 saturated carbocycles. The molecule has 4 aromatic rings. The lowest BCUT2D eigenvalue weighted by atomic mass is 10.2. The highest BCUT2D eigenvalue weighted by molar-refractivity contribution is 7.93. The van der Waals surface area contributed by atoms with Gasteiger partial charge in [0.05, 0.1) is 29.4 Å². The van der Waals surface area contributed by atoms with Gasteiger partial charge in [0.1, 0.15) is 0 Å². The van der Waals surface area contributed by atoms with Crippen LogP contribution in [-0.4, -0.2) is 25.3 Å². The first-order valence-corrected chi connectivity index (χ1v) is 14.5. The lowest BCUT2D eigenvalue weighted by molar-refractivity contribution is 0.591. The Morgan fingerprint density at radius 1 is 0.382 bits per heavy atom. The predicted octanol–water partition coefficient (Wildman–Crippen LogP) is 4.49. The summed E-state index contributed by atoms with van der Waals surface area (Å²) in [5.74, 6) is 0. The van der Waals surface area contributed by atoms with E-state index in [-0.39, 0.29) is 14.7 Å². The van der Waals surface area contributed by atoms with E-state index < -0.39 is 44.2 Å². The van der Waals surface area contributed by atoms with Gasteiger partial charge in [-0.15, -0.1) is 0 Å². The van der Waals surface area contributed by atoms with Crippen molar-refractivity contribution in [3.63, 3.8) is 0 Å². The molecule has 0 aromatic heterocycles. The summed E-state index contributed by atoms with van der Waals surface area (Å²) < 4.78 is 80.1. The average molecular weight is 513 g/mol. The molecule has 0 N–H and O–H groups in total. The van der Waals surface area contributed by atoms with Crippen LogP contribution in [0.25, 0.3) is 0 Å². The molecule has 0 bridgehead atoms. The summed E-state index contributed by atoms with van der Waals surface area (Å²) in [6.45, 7) is 1.80. The van der Waals surface area contributed by atoms with Crippen molar-refractivity contribution in [2.45, 2.75) is 36.3 Å². The maximum absolute atomic E-state index is 13.4. The number of hydrogen-bond acceptors (Lipinski definition) is 6. The molecule has 0 aliphatic rings. The van der Waals surface area contributed by atoms with Crippen molar-refractivity contribution in [3.05, 3.63) is 109 Å². The highest BCUT2D eigenvalue weighted by Gasteiger charge is 2.28. The van der Waals surface area contributed by atoms with Crippen molar-refractivity contribution < 1.29 is 25.3 Å². The Bertz CT molecular complexity index is 1570. The van der Waals surface area contributed by atoms with Gasteiger partial charge in [-0.05, 0) is 61.5 Å². The molecule has 0 spiro atoms. The fourth-order valence-corrected chi connectivity index (χ4v) is 7.59. The molecule has 0 fully saturated rings. The summed E-state index contributed by atoms with van der Waals surface area (Å²) in [6, 6.07) is 23.9. The number of aryl methyl sites for hydroxylation is 1. The topological polar surface area (TPSA) is 102 Å². The SMILES string of the molecule is Cc1ccc(S(=O)(=O)c2cc(S(=O)(=O)c3ccccc3)cc(S(=O)(=O)c3ccccc3)c2)cc1. The van der Waals surface area contributed by atoms with E-state index in [9.17, 15) is 25.3 Å². The largest absolute Gasteiger partial charge is 0.219 e. The predicted molar refractivity (Wildman–Crippen MR) is 127 cm³/mol. The van der Waals surface area contributed by atoms with Gasteiger partial charge in [-0.1, -0.05) is 54.1 Å². The summed E-state index contributed by atoms with van der Waals surface area (Å²) in [5.41, 5.74) is 0.840. The first kappa shape index (κ1) is 23.9. The van der Waals surface area contributed by atoms with Gasteiger partial charge in [-0.3, -0.25) is 0 Å². The summed E-state index contributed by atoms with van der Waals surface area (Å²) in [4.78, 5) is -1.52. The van der Waals surface area contributed by atoms with Crippen LogP contribution in [0.3, 0.4) is 0 Å². The molecule has 4 aromatic carbocycles. The van der Waals surface area contributed by atoms with Crippen LogP contribution in [0, 0.1) is 6.92 Å². The Morgan fingerprint density at radius 2 is 0.676 bits per heavy atom. The van der Waals surface area contributed by atoms with Crippen LogP contribution in [-0.2, 0) is 29.5 Å². The standard InChI is InChI=1S/C25H20O6S3/c1-19-12-14-22(15-13-19)34(30,31)25-17-23(32(26,27)20-8-4-2-5-9-20)16-24(18-25)33(28,29)21-10-6-3-7-11-21/h2-18H,1H3. The third-order valence-corrected chi connectivity index (χ3v) is 10.5. The molecule has 9 heteroatoms. The average Bonchev–Trinajstić information content (AvgIpc) is 2.85. The van der Waals surface area contributed by atoms with Crippen LogP contribution in [0.1, 0.15) is 5.56 Å².